The third-order valence-corrected chi connectivity index (χ3v) is 4.92. The summed E-state index contributed by atoms with van der Waals surface area (Å²) in [5.41, 5.74) is 0.937. The number of aromatic nitrogens is 2. The fraction of sp³-hybridized carbons (Fsp3) is 0.706. The molecule has 25 heavy (non-hydrogen) atoms. The zero-order valence-electron chi connectivity index (χ0n) is 15.1. The average molecular weight is 349 g/mol. The standard InChI is InChI=1S/C17H27N5O3/c1-14(17(23)22-9-11-25-12-10-22)21-7-5-20(6-8-21)13-15-3-4-16(24-2)19-18-15/h3-4,14H,5-13H2,1-2H3/t14-/m1/s1. The van der Waals surface area contributed by atoms with Crippen LogP contribution in [0.4, 0.5) is 0 Å². The van der Waals surface area contributed by atoms with Crippen molar-refractivity contribution in [3.63, 3.8) is 0 Å². The Morgan fingerprint density at radius 3 is 2.48 bits per heavy atom. The van der Waals surface area contributed by atoms with E-state index in [4.69, 9.17) is 9.47 Å². The number of carbonyl (C=O) groups is 1. The van der Waals surface area contributed by atoms with Crippen LogP contribution in [0, 0.1) is 0 Å². The van der Waals surface area contributed by atoms with Crippen LogP contribution < -0.4 is 4.74 Å². The summed E-state index contributed by atoms with van der Waals surface area (Å²) in [6.07, 6.45) is 0. The van der Waals surface area contributed by atoms with E-state index in [0.29, 0.717) is 32.2 Å². The van der Waals surface area contributed by atoms with Gasteiger partial charge in [-0.3, -0.25) is 14.6 Å². The van der Waals surface area contributed by atoms with Gasteiger partial charge in [-0.15, -0.1) is 5.10 Å². The fourth-order valence-corrected chi connectivity index (χ4v) is 3.28. The molecule has 1 atom stereocenters. The van der Waals surface area contributed by atoms with Crippen LogP contribution >= 0.6 is 0 Å². The van der Waals surface area contributed by atoms with Crippen molar-refractivity contribution >= 4 is 5.91 Å². The predicted molar refractivity (Wildman–Crippen MR) is 92.3 cm³/mol. The molecule has 0 saturated carbocycles. The van der Waals surface area contributed by atoms with E-state index in [9.17, 15) is 4.79 Å². The van der Waals surface area contributed by atoms with Crippen molar-refractivity contribution in [2.75, 3.05) is 59.6 Å². The monoisotopic (exact) mass is 349 g/mol. The highest BCUT2D eigenvalue weighted by Crippen LogP contribution is 2.13. The van der Waals surface area contributed by atoms with E-state index >= 15 is 0 Å². The van der Waals surface area contributed by atoms with E-state index in [0.717, 1.165) is 38.4 Å². The summed E-state index contributed by atoms with van der Waals surface area (Å²) >= 11 is 0. The van der Waals surface area contributed by atoms with Crippen molar-refractivity contribution < 1.29 is 14.3 Å². The Morgan fingerprint density at radius 1 is 1.16 bits per heavy atom. The first-order valence-corrected chi connectivity index (χ1v) is 8.87. The van der Waals surface area contributed by atoms with Gasteiger partial charge in [0.15, 0.2) is 0 Å². The number of rotatable bonds is 5. The molecule has 138 valence electrons. The fourth-order valence-electron chi connectivity index (χ4n) is 3.28. The normalized spacial score (nSPS) is 21.1. The molecule has 2 saturated heterocycles. The lowest BCUT2D eigenvalue weighted by atomic mass is 10.2. The van der Waals surface area contributed by atoms with Crippen LogP contribution in [0.3, 0.4) is 0 Å². The van der Waals surface area contributed by atoms with Crippen molar-refractivity contribution in [1.29, 1.82) is 0 Å². The number of ether oxygens (including phenoxy) is 2. The lowest BCUT2D eigenvalue weighted by Gasteiger charge is -2.39. The summed E-state index contributed by atoms with van der Waals surface area (Å²) in [4.78, 5) is 19.2. The summed E-state index contributed by atoms with van der Waals surface area (Å²) in [7, 11) is 1.59. The first-order valence-electron chi connectivity index (χ1n) is 8.87. The molecule has 0 aromatic carbocycles. The smallest absolute Gasteiger partial charge is 0.239 e. The largest absolute Gasteiger partial charge is 0.480 e. The van der Waals surface area contributed by atoms with Gasteiger partial charge in [0.05, 0.1) is 32.1 Å². The van der Waals surface area contributed by atoms with Crippen LogP contribution in [0.5, 0.6) is 5.88 Å². The Morgan fingerprint density at radius 2 is 1.88 bits per heavy atom. The van der Waals surface area contributed by atoms with Gasteiger partial charge < -0.3 is 14.4 Å². The molecule has 3 heterocycles. The number of hydrogen-bond acceptors (Lipinski definition) is 7. The molecule has 0 N–H and O–H groups in total. The summed E-state index contributed by atoms with van der Waals surface area (Å²) in [5.74, 6) is 0.752. The Balaban J connectivity index is 1.46. The maximum Gasteiger partial charge on any atom is 0.239 e. The maximum atomic E-state index is 12.6. The highest BCUT2D eigenvalue weighted by atomic mass is 16.5. The molecule has 0 unspecified atom stereocenters. The molecule has 1 amide bonds. The summed E-state index contributed by atoms with van der Waals surface area (Å²) in [5, 5.41) is 8.20. The molecule has 0 bridgehead atoms. The van der Waals surface area contributed by atoms with Gasteiger partial charge >= 0.3 is 0 Å². The molecule has 2 fully saturated rings. The van der Waals surface area contributed by atoms with Gasteiger partial charge in [-0.1, -0.05) is 0 Å². The zero-order valence-corrected chi connectivity index (χ0v) is 15.1. The van der Waals surface area contributed by atoms with Crippen molar-refractivity contribution in [3.05, 3.63) is 17.8 Å². The van der Waals surface area contributed by atoms with Crippen LogP contribution in [-0.4, -0.2) is 96.4 Å². The number of hydrogen-bond donors (Lipinski definition) is 0. The molecular weight excluding hydrogens is 322 g/mol. The molecule has 1 aromatic rings. The molecule has 0 aliphatic carbocycles. The van der Waals surface area contributed by atoms with Gasteiger partial charge in [0.2, 0.25) is 11.8 Å². The molecule has 8 nitrogen and oxygen atoms in total. The van der Waals surface area contributed by atoms with E-state index in [1.165, 1.54) is 0 Å². The summed E-state index contributed by atoms with van der Waals surface area (Å²) in [6.45, 7) is 9.13. The number of amides is 1. The van der Waals surface area contributed by atoms with Crippen LogP contribution in [-0.2, 0) is 16.1 Å². The van der Waals surface area contributed by atoms with Gasteiger partial charge in [-0.05, 0) is 13.0 Å². The van der Waals surface area contributed by atoms with Gasteiger partial charge in [-0.2, -0.15) is 5.10 Å². The molecule has 1 aromatic heterocycles. The first-order chi connectivity index (χ1) is 12.2. The predicted octanol–water partition coefficient (Wildman–Crippen LogP) is -0.150. The van der Waals surface area contributed by atoms with Crippen molar-refractivity contribution in [3.8, 4) is 5.88 Å². The lowest BCUT2D eigenvalue weighted by Crippen LogP contribution is -2.55. The molecule has 0 radical (unpaired) electrons. The maximum absolute atomic E-state index is 12.6. The summed E-state index contributed by atoms with van der Waals surface area (Å²) in [6, 6.07) is 3.71. The number of methoxy groups -OCH3 is 1. The molecule has 2 aliphatic heterocycles. The molecule has 8 heteroatoms. The number of piperazine rings is 1. The van der Waals surface area contributed by atoms with Crippen LogP contribution in [0.15, 0.2) is 12.1 Å². The number of nitrogens with zero attached hydrogens (tertiary/aromatic N) is 5. The molecule has 2 aliphatic rings. The zero-order chi connectivity index (χ0) is 17.6. The second-order valence-corrected chi connectivity index (χ2v) is 6.49. The van der Waals surface area contributed by atoms with E-state index < -0.39 is 0 Å². The van der Waals surface area contributed by atoms with E-state index in [2.05, 4.69) is 20.0 Å². The Bertz CT molecular complexity index is 554. The topological polar surface area (TPSA) is 71.0 Å². The molecule has 0 spiro atoms. The quantitative estimate of drug-likeness (QED) is 0.732. The van der Waals surface area contributed by atoms with E-state index in [-0.39, 0.29) is 11.9 Å². The van der Waals surface area contributed by atoms with E-state index in [1.54, 1.807) is 7.11 Å². The Hall–Kier alpha value is -1.77. The SMILES string of the molecule is COc1ccc(CN2CCN([C@H](C)C(=O)N3CCOCC3)CC2)nn1. The van der Waals surface area contributed by atoms with Crippen molar-refractivity contribution in [1.82, 2.24) is 24.9 Å². The van der Waals surface area contributed by atoms with E-state index in [1.807, 2.05) is 24.0 Å². The van der Waals surface area contributed by atoms with Gasteiger partial charge in [0, 0.05) is 51.9 Å². The second kappa shape index (κ2) is 8.55. The minimum atomic E-state index is -0.0685. The highest BCUT2D eigenvalue weighted by molar-refractivity contribution is 5.81. The number of carbonyl (C=O) groups excluding carboxylic acids is 1. The van der Waals surface area contributed by atoms with Gasteiger partial charge in [0.1, 0.15) is 0 Å². The third kappa shape index (κ3) is 4.65. The lowest BCUT2D eigenvalue weighted by molar-refractivity contribution is -0.141. The third-order valence-electron chi connectivity index (χ3n) is 4.92. The van der Waals surface area contributed by atoms with Crippen molar-refractivity contribution in [2.45, 2.75) is 19.5 Å². The minimum absolute atomic E-state index is 0.0685. The first kappa shape index (κ1) is 18.0. The van der Waals surface area contributed by atoms with Gasteiger partial charge in [0.25, 0.3) is 0 Å². The van der Waals surface area contributed by atoms with Gasteiger partial charge in [-0.25, -0.2) is 0 Å². The second-order valence-electron chi connectivity index (χ2n) is 6.49. The highest BCUT2D eigenvalue weighted by Gasteiger charge is 2.29. The number of morpholine rings is 1. The Labute approximate surface area is 148 Å². The van der Waals surface area contributed by atoms with Crippen LogP contribution in [0.25, 0.3) is 0 Å². The van der Waals surface area contributed by atoms with Crippen LogP contribution in [0.1, 0.15) is 12.6 Å². The Kier molecular flexibility index (Phi) is 6.17. The minimum Gasteiger partial charge on any atom is -0.480 e. The van der Waals surface area contributed by atoms with Crippen molar-refractivity contribution in [2.24, 2.45) is 0 Å². The van der Waals surface area contributed by atoms with Crippen LogP contribution in [0.2, 0.25) is 0 Å². The average Bonchev–Trinajstić information content (AvgIpc) is 2.69. The molecule has 3 rings (SSSR count). The molecular formula is C17H27N5O3. The summed E-state index contributed by atoms with van der Waals surface area (Å²) < 4.78 is 10.4.